The van der Waals surface area contributed by atoms with Crippen LogP contribution in [0.2, 0.25) is 0 Å². The summed E-state index contributed by atoms with van der Waals surface area (Å²) in [5.74, 6) is -0.163. The van der Waals surface area contributed by atoms with Gasteiger partial charge in [0.25, 0.3) is 0 Å². The molecule has 1 N–H and O–H groups in total. The molecule has 21 heavy (non-hydrogen) atoms. The Morgan fingerprint density at radius 2 is 1.76 bits per heavy atom. The second-order valence-electron chi connectivity index (χ2n) is 6.37. The van der Waals surface area contributed by atoms with Crippen molar-refractivity contribution in [1.82, 2.24) is 5.32 Å². The summed E-state index contributed by atoms with van der Waals surface area (Å²) in [6.07, 6.45) is 0.836. The van der Waals surface area contributed by atoms with E-state index >= 15 is 0 Å². The minimum absolute atomic E-state index is 0.0808. The normalized spacial score (nSPS) is 13.1. The Morgan fingerprint density at radius 1 is 1.05 bits per heavy atom. The standard InChI is InChI=1S/C19H24FN/c1-15(12-16-8-7-11-18(20)13-16)21-14-19(2,3)17-9-5-4-6-10-17/h4-11,13,15,21H,12,14H2,1-3H3. The molecule has 0 saturated heterocycles. The number of hydrogen-bond acceptors (Lipinski definition) is 1. The molecule has 0 aliphatic carbocycles. The highest BCUT2D eigenvalue weighted by atomic mass is 19.1. The van der Waals surface area contributed by atoms with Gasteiger partial charge in [-0.1, -0.05) is 56.3 Å². The van der Waals surface area contributed by atoms with Crippen LogP contribution in [-0.2, 0) is 11.8 Å². The predicted octanol–water partition coefficient (Wildman–Crippen LogP) is 4.32. The molecule has 0 bridgehead atoms. The van der Waals surface area contributed by atoms with E-state index in [-0.39, 0.29) is 11.2 Å². The van der Waals surface area contributed by atoms with Gasteiger partial charge in [-0.2, -0.15) is 0 Å². The van der Waals surface area contributed by atoms with Gasteiger partial charge in [0.2, 0.25) is 0 Å². The second-order valence-corrected chi connectivity index (χ2v) is 6.37. The van der Waals surface area contributed by atoms with Crippen molar-refractivity contribution in [3.05, 3.63) is 71.5 Å². The van der Waals surface area contributed by atoms with E-state index in [0.717, 1.165) is 18.5 Å². The van der Waals surface area contributed by atoms with Crippen LogP contribution in [0.25, 0.3) is 0 Å². The zero-order chi connectivity index (χ0) is 15.3. The Balaban J connectivity index is 1.90. The van der Waals surface area contributed by atoms with Gasteiger partial charge in [0.15, 0.2) is 0 Å². The van der Waals surface area contributed by atoms with E-state index in [1.807, 2.05) is 12.1 Å². The topological polar surface area (TPSA) is 12.0 Å². The lowest BCUT2D eigenvalue weighted by Crippen LogP contribution is -2.38. The van der Waals surface area contributed by atoms with Gasteiger partial charge < -0.3 is 5.32 Å². The summed E-state index contributed by atoms with van der Waals surface area (Å²) >= 11 is 0. The lowest BCUT2D eigenvalue weighted by Gasteiger charge is -2.28. The minimum Gasteiger partial charge on any atom is -0.313 e. The van der Waals surface area contributed by atoms with Crippen LogP contribution in [0.15, 0.2) is 54.6 Å². The van der Waals surface area contributed by atoms with Crippen LogP contribution in [0.5, 0.6) is 0 Å². The third kappa shape index (κ3) is 4.68. The average molecular weight is 285 g/mol. The molecule has 0 saturated carbocycles. The molecule has 1 nitrogen and oxygen atoms in total. The average Bonchev–Trinajstić information content (AvgIpc) is 2.46. The fourth-order valence-electron chi connectivity index (χ4n) is 2.51. The Kier molecular flexibility index (Phi) is 5.13. The van der Waals surface area contributed by atoms with Crippen LogP contribution in [0.3, 0.4) is 0 Å². The van der Waals surface area contributed by atoms with Crippen LogP contribution < -0.4 is 5.32 Å². The van der Waals surface area contributed by atoms with Crippen LogP contribution in [0, 0.1) is 5.82 Å². The summed E-state index contributed by atoms with van der Waals surface area (Å²) in [6, 6.07) is 17.7. The summed E-state index contributed by atoms with van der Waals surface area (Å²) in [5, 5.41) is 3.57. The quantitative estimate of drug-likeness (QED) is 0.833. The third-order valence-electron chi connectivity index (χ3n) is 3.88. The SMILES string of the molecule is CC(Cc1cccc(F)c1)NCC(C)(C)c1ccccc1. The van der Waals surface area contributed by atoms with Gasteiger partial charge in [-0.05, 0) is 36.6 Å². The van der Waals surface area contributed by atoms with Gasteiger partial charge in [0.05, 0.1) is 0 Å². The Morgan fingerprint density at radius 3 is 2.43 bits per heavy atom. The monoisotopic (exact) mass is 285 g/mol. The summed E-state index contributed by atoms with van der Waals surface area (Å²) in [5.41, 5.74) is 2.44. The minimum atomic E-state index is -0.163. The molecule has 2 aromatic carbocycles. The number of rotatable bonds is 6. The molecule has 0 fully saturated rings. The van der Waals surface area contributed by atoms with E-state index in [1.54, 1.807) is 12.1 Å². The van der Waals surface area contributed by atoms with Crippen molar-refractivity contribution in [2.75, 3.05) is 6.54 Å². The molecule has 0 heterocycles. The molecule has 0 amide bonds. The Hall–Kier alpha value is -1.67. The first-order valence-corrected chi connectivity index (χ1v) is 7.51. The zero-order valence-corrected chi connectivity index (χ0v) is 13.1. The maximum Gasteiger partial charge on any atom is 0.123 e. The van der Waals surface area contributed by atoms with E-state index in [1.165, 1.54) is 11.6 Å². The van der Waals surface area contributed by atoms with Crippen molar-refractivity contribution in [2.45, 2.75) is 38.6 Å². The van der Waals surface area contributed by atoms with Gasteiger partial charge >= 0.3 is 0 Å². The van der Waals surface area contributed by atoms with Crippen LogP contribution >= 0.6 is 0 Å². The molecular formula is C19H24FN. The summed E-state index contributed by atoms with van der Waals surface area (Å²) in [7, 11) is 0. The highest BCUT2D eigenvalue weighted by Gasteiger charge is 2.20. The van der Waals surface area contributed by atoms with Crippen LogP contribution in [0.1, 0.15) is 31.9 Å². The summed E-state index contributed by atoms with van der Waals surface area (Å²) < 4.78 is 13.2. The largest absolute Gasteiger partial charge is 0.313 e. The van der Waals surface area contributed by atoms with E-state index in [0.29, 0.717) is 6.04 Å². The first-order valence-electron chi connectivity index (χ1n) is 7.51. The van der Waals surface area contributed by atoms with Crippen LogP contribution in [-0.4, -0.2) is 12.6 Å². The fraction of sp³-hybridized carbons (Fsp3) is 0.368. The Labute approximate surface area is 127 Å². The lowest BCUT2D eigenvalue weighted by atomic mass is 9.84. The van der Waals surface area contributed by atoms with E-state index in [4.69, 9.17) is 0 Å². The highest BCUT2D eigenvalue weighted by Crippen LogP contribution is 2.22. The fourth-order valence-corrected chi connectivity index (χ4v) is 2.51. The first kappa shape index (κ1) is 15.7. The summed E-state index contributed by atoms with van der Waals surface area (Å²) in [4.78, 5) is 0. The van der Waals surface area contributed by atoms with Gasteiger partial charge in [-0.3, -0.25) is 0 Å². The van der Waals surface area contributed by atoms with Gasteiger partial charge in [0.1, 0.15) is 5.82 Å². The second kappa shape index (κ2) is 6.86. The van der Waals surface area contributed by atoms with Crippen molar-refractivity contribution in [3.63, 3.8) is 0 Å². The van der Waals surface area contributed by atoms with Gasteiger partial charge in [0, 0.05) is 18.0 Å². The van der Waals surface area contributed by atoms with E-state index < -0.39 is 0 Å². The maximum absolute atomic E-state index is 13.2. The van der Waals surface area contributed by atoms with Crippen LogP contribution in [0.4, 0.5) is 4.39 Å². The van der Waals surface area contributed by atoms with E-state index in [2.05, 4.69) is 50.4 Å². The predicted molar refractivity (Wildman–Crippen MR) is 87.0 cm³/mol. The highest BCUT2D eigenvalue weighted by molar-refractivity contribution is 5.24. The van der Waals surface area contributed by atoms with Crippen molar-refractivity contribution in [2.24, 2.45) is 0 Å². The molecule has 1 atom stereocenters. The molecular weight excluding hydrogens is 261 g/mol. The number of benzene rings is 2. The summed E-state index contributed by atoms with van der Waals surface area (Å²) in [6.45, 7) is 7.52. The van der Waals surface area contributed by atoms with E-state index in [9.17, 15) is 4.39 Å². The lowest BCUT2D eigenvalue weighted by molar-refractivity contribution is 0.427. The third-order valence-corrected chi connectivity index (χ3v) is 3.88. The maximum atomic E-state index is 13.2. The number of hydrogen-bond donors (Lipinski definition) is 1. The molecule has 0 aliphatic heterocycles. The zero-order valence-electron chi connectivity index (χ0n) is 13.1. The number of halogens is 1. The molecule has 0 radical (unpaired) electrons. The van der Waals surface area contributed by atoms with Crippen molar-refractivity contribution in [1.29, 1.82) is 0 Å². The smallest absolute Gasteiger partial charge is 0.123 e. The number of nitrogens with one attached hydrogen (secondary N) is 1. The molecule has 1 unspecified atom stereocenters. The van der Waals surface area contributed by atoms with Crippen molar-refractivity contribution >= 4 is 0 Å². The first-order chi connectivity index (χ1) is 9.97. The molecule has 2 aromatic rings. The van der Waals surface area contributed by atoms with Gasteiger partial charge in [-0.15, -0.1) is 0 Å². The molecule has 0 aliphatic rings. The molecule has 2 rings (SSSR count). The molecule has 112 valence electrons. The van der Waals surface area contributed by atoms with Crippen molar-refractivity contribution < 1.29 is 4.39 Å². The van der Waals surface area contributed by atoms with Gasteiger partial charge in [-0.25, -0.2) is 4.39 Å². The van der Waals surface area contributed by atoms with Crippen molar-refractivity contribution in [3.8, 4) is 0 Å². The molecule has 0 spiro atoms. The Bertz CT molecular complexity index is 563. The molecule has 0 aromatic heterocycles. The molecule has 2 heteroatoms.